The molecular weight excluding hydrogens is 240 g/mol. The highest BCUT2D eigenvalue weighted by Gasteiger charge is 2.15. The number of ether oxygens (including phenoxy) is 1. The van der Waals surface area contributed by atoms with Gasteiger partial charge in [-0.15, -0.1) is 0 Å². The van der Waals surface area contributed by atoms with Gasteiger partial charge in [-0.2, -0.15) is 0 Å². The highest BCUT2D eigenvalue weighted by Crippen LogP contribution is 2.09. The van der Waals surface area contributed by atoms with E-state index < -0.39 is 0 Å². The van der Waals surface area contributed by atoms with Crippen LogP contribution in [-0.4, -0.2) is 25.3 Å². The molecule has 1 aromatic rings. The summed E-state index contributed by atoms with van der Waals surface area (Å²) in [6.07, 6.45) is 2.79. The molecule has 1 saturated heterocycles. The van der Waals surface area contributed by atoms with Crippen molar-refractivity contribution in [1.82, 2.24) is 10.6 Å². The standard InChI is InChI=1S/C15H22N2O2/c1-2-12-5-3-4-6-13(12)11-16-15(18)17-14-7-9-19-10-8-14/h3-6,14H,2,7-11H2,1H3,(H2,16,17,18). The Balaban J connectivity index is 1.79. The van der Waals surface area contributed by atoms with Crippen molar-refractivity contribution in [3.8, 4) is 0 Å². The first-order chi connectivity index (χ1) is 9.29. The molecule has 0 unspecified atom stereocenters. The third-order valence-electron chi connectivity index (χ3n) is 3.50. The van der Waals surface area contributed by atoms with Gasteiger partial charge in [0.25, 0.3) is 0 Å². The number of benzene rings is 1. The van der Waals surface area contributed by atoms with Crippen LogP contribution >= 0.6 is 0 Å². The van der Waals surface area contributed by atoms with Crippen LogP contribution in [0, 0.1) is 0 Å². The van der Waals surface area contributed by atoms with Crippen LogP contribution in [-0.2, 0) is 17.7 Å². The molecule has 0 radical (unpaired) electrons. The lowest BCUT2D eigenvalue weighted by molar-refractivity contribution is 0.0801. The van der Waals surface area contributed by atoms with Crippen molar-refractivity contribution < 1.29 is 9.53 Å². The van der Waals surface area contributed by atoms with Crippen LogP contribution in [0.3, 0.4) is 0 Å². The first kappa shape index (κ1) is 13.9. The van der Waals surface area contributed by atoms with Crippen molar-refractivity contribution >= 4 is 6.03 Å². The second-order valence-electron chi connectivity index (χ2n) is 4.84. The number of rotatable bonds is 4. The van der Waals surface area contributed by atoms with E-state index in [1.54, 1.807) is 0 Å². The van der Waals surface area contributed by atoms with Crippen LogP contribution in [0.15, 0.2) is 24.3 Å². The smallest absolute Gasteiger partial charge is 0.315 e. The van der Waals surface area contributed by atoms with Crippen molar-refractivity contribution in [2.24, 2.45) is 0 Å². The molecule has 1 aliphatic heterocycles. The van der Waals surface area contributed by atoms with Gasteiger partial charge in [0.1, 0.15) is 0 Å². The molecule has 0 aliphatic carbocycles. The Morgan fingerprint density at radius 2 is 1.95 bits per heavy atom. The molecular formula is C15H22N2O2. The topological polar surface area (TPSA) is 50.4 Å². The summed E-state index contributed by atoms with van der Waals surface area (Å²) in [7, 11) is 0. The second-order valence-corrected chi connectivity index (χ2v) is 4.84. The first-order valence-electron chi connectivity index (χ1n) is 6.98. The number of amides is 2. The predicted octanol–water partition coefficient (Wildman–Crippen LogP) is 2.23. The molecule has 0 bridgehead atoms. The largest absolute Gasteiger partial charge is 0.381 e. The van der Waals surface area contributed by atoms with Crippen molar-refractivity contribution in [2.45, 2.75) is 38.8 Å². The van der Waals surface area contributed by atoms with Gasteiger partial charge in [-0.25, -0.2) is 4.79 Å². The summed E-state index contributed by atoms with van der Waals surface area (Å²) in [5.41, 5.74) is 2.47. The van der Waals surface area contributed by atoms with Gasteiger partial charge in [0.2, 0.25) is 0 Å². The molecule has 1 aliphatic rings. The number of nitrogens with one attached hydrogen (secondary N) is 2. The average molecular weight is 262 g/mol. The quantitative estimate of drug-likeness (QED) is 0.874. The Hall–Kier alpha value is -1.55. The summed E-state index contributed by atoms with van der Waals surface area (Å²) in [6.45, 7) is 4.19. The predicted molar refractivity (Wildman–Crippen MR) is 75.0 cm³/mol. The number of hydrogen-bond donors (Lipinski definition) is 2. The van der Waals surface area contributed by atoms with E-state index >= 15 is 0 Å². The zero-order chi connectivity index (χ0) is 13.5. The lowest BCUT2D eigenvalue weighted by Gasteiger charge is -2.23. The summed E-state index contributed by atoms with van der Waals surface area (Å²) in [4.78, 5) is 11.8. The summed E-state index contributed by atoms with van der Waals surface area (Å²) >= 11 is 0. The number of aryl methyl sites for hydroxylation is 1. The van der Waals surface area contributed by atoms with Gasteiger partial charge >= 0.3 is 6.03 Å². The summed E-state index contributed by atoms with van der Waals surface area (Å²) < 4.78 is 5.27. The highest BCUT2D eigenvalue weighted by molar-refractivity contribution is 5.74. The van der Waals surface area contributed by atoms with Gasteiger partial charge < -0.3 is 15.4 Å². The molecule has 2 rings (SSSR count). The maximum Gasteiger partial charge on any atom is 0.315 e. The summed E-state index contributed by atoms with van der Waals surface area (Å²) in [6, 6.07) is 8.37. The maximum absolute atomic E-state index is 11.8. The van der Waals surface area contributed by atoms with Gasteiger partial charge in [0.05, 0.1) is 0 Å². The molecule has 2 N–H and O–H groups in total. The van der Waals surface area contributed by atoms with Gasteiger partial charge in [-0.05, 0) is 30.4 Å². The lowest BCUT2D eigenvalue weighted by Crippen LogP contribution is -2.44. The van der Waals surface area contributed by atoms with E-state index in [0.29, 0.717) is 6.54 Å². The molecule has 0 spiro atoms. The van der Waals surface area contributed by atoms with Gasteiger partial charge in [-0.1, -0.05) is 31.2 Å². The van der Waals surface area contributed by atoms with Crippen LogP contribution < -0.4 is 10.6 Å². The molecule has 1 heterocycles. The minimum Gasteiger partial charge on any atom is -0.381 e. The van der Waals surface area contributed by atoms with Crippen LogP contribution in [0.25, 0.3) is 0 Å². The van der Waals surface area contributed by atoms with Crippen LogP contribution in [0.4, 0.5) is 4.79 Å². The monoisotopic (exact) mass is 262 g/mol. The number of carbonyl (C=O) groups is 1. The minimum atomic E-state index is -0.0854. The summed E-state index contributed by atoms with van der Waals surface area (Å²) in [5, 5.41) is 5.93. The Morgan fingerprint density at radius 1 is 1.26 bits per heavy atom. The average Bonchev–Trinajstić information content (AvgIpc) is 2.46. The van der Waals surface area contributed by atoms with E-state index in [4.69, 9.17) is 4.74 Å². The van der Waals surface area contributed by atoms with Crippen molar-refractivity contribution in [2.75, 3.05) is 13.2 Å². The SMILES string of the molecule is CCc1ccccc1CNC(=O)NC1CCOCC1. The van der Waals surface area contributed by atoms with Gasteiger partial charge in [0, 0.05) is 25.8 Å². The second kappa shape index (κ2) is 7.14. The van der Waals surface area contributed by atoms with E-state index in [2.05, 4.69) is 29.7 Å². The van der Waals surface area contributed by atoms with Crippen molar-refractivity contribution in [1.29, 1.82) is 0 Å². The van der Waals surface area contributed by atoms with Gasteiger partial charge in [-0.3, -0.25) is 0 Å². The third-order valence-corrected chi connectivity index (χ3v) is 3.50. The Labute approximate surface area is 114 Å². The molecule has 19 heavy (non-hydrogen) atoms. The van der Waals surface area contributed by atoms with E-state index in [0.717, 1.165) is 32.5 Å². The zero-order valence-corrected chi connectivity index (χ0v) is 11.4. The van der Waals surface area contributed by atoms with Gasteiger partial charge in [0.15, 0.2) is 0 Å². The minimum absolute atomic E-state index is 0.0854. The number of hydrogen-bond acceptors (Lipinski definition) is 2. The fourth-order valence-electron chi connectivity index (χ4n) is 2.33. The van der Waals surface area contributed by atoms with E-state index in [-0.39, 0.29) is 12.1 Å². The normalized spacial score (nSPS) is 16.1. The molecule has 0 atom stereocenters. The molecule has 0 aromatic heterocycles. The van der Waals surface area contributed by atoms with E-state index in [1.807, 2.05) is 12.1 Å². The molecule has 4 nitrogen and oxygen atoms in total. The van der Waals surface area contributed by atoms with E-state index in [1.165, 1.54) is 11.1 Å². The fraction of sp³-hybridized carbons (Fsp3) is 0.533. The molecule has 0 saturated carbocycles. The molecule has 2 amide bonds. The highest BCUT2D eigenvalue weighted by atomic mass is 16.5. The lowest BCUT2D eigenvalue weighted by atomic mass is 10.1. The number of urea groups is 1. The van der Waals surface area contributed by atoms with Crippen molar-refractivity contribution in [3.05, 3.63) is 35.4 Å². The van der Waals surface area contributed by atoms with Crippen molar-refractivity contribution in [3.63, 3.8) is 0 Å². The van der Waals surface area contributed by atoms with Crippen LogP contribution in [0.2, 0.25) is 0 Å². The molecule has 1 fully saturated rings. The summed E-state index contributed by atoms with van der Waals surface area (Å²) in [5.74, 6) is 0. The molecule has 104 valence electrons. The maximum atomic E-state index is 11.8. The number of carbonyl (C=O) groups excluding carboxylic acids is 1. The fourth-order valence-corrected chi connectivity index (χ4v) is 2.33. The first-order valence-corrected chi connectivity index (χ1v) is 6.98. The molecule has 4 heteroatoms. The molecule has 1 aromatic carbocycles. The Bertz CT molecular complexity index is 414. The van der Waals surface area contributed by atoms with Crippen LogP contribution in [0.1, 0.15) is 30.9 Å². The Kier molecular flexibility index (Phi) is 5.21. The van der Waals surface area contributed by atoms with E-state index in [9.17, 15) is 4.79 Å². The Morgan fingerprint density at radius 3 is 2.63 bits per heavy atom. The third kappa shape index (κ3) is 4.24. The van der Waals surface area contributed by atoms with Crippen LogP contribution in [0.5, 0.6) is 0 Å². The zero-order valence-electron chi connectivity index (χ0n) is 11.4.